The van der Waals surface area contributed by atoms with Crippen LogP contribution in [0.3, 0.4) is 0 Å². The van der Waals surface area contributed by atoms with Gasteiger partial charge in [0, 0.05) is 0 Å². The molecule has 0 saturated heterocycles. The Hall–Kier alpha value is -2.12. The quantitative estimate of drug-likeness (QED) is 0.370. The van der Waals surface area contributed by atoms with Crippen LogP contribution in [-0.4, -0.2) is 43.7 Å². The van der Waals surface area contributed by atoms with E-state index < -0.39 is 29.8 Å². The number of hydrogen-bond donors (Lipinski definition) is 1. The van der Waals surface area contributed by atoms with E-state index >= 15 is 0 Å². The number of hydrogen-bond acceptors (Lipinski definition) is 6. The molecule has 1 aromatic carbocycles. The molecule has 7 heteroatoms. The summed E-state index contributed by atoms with van der Waals surface area (Å²) in [6, 6.07) is 9.02. The number of methoxy groups -OCH3 is 1. The minimum absolute atomic E-state index is 0.112. The molecule has 1 N–H and O–H groups in total. The lowest BCUT2D eigenvalue weighted by Gasteiger charge is -2.29. The molecule has 0 aromatic heterocycles. The van der Waals surface area contributed by atoms with Crippen LogP contribution in [0.15, 0.2) is 30.3 Å². The van der Waals surface area contributed by atoms with Crippen molar-refractivity contribution in [1.82, 2.24) is 5.32 Å². The van der Waals surface area contributed by atoms with Gasteiger partial charge in [0.15, 0.2) is 6.10 Å². The van der Waals surface area contributed by atoms with Crippen LogP contribution in [0.2, 0.25) is 0 Å². The summed E-state index contributed by atoms with van der Waals surface area (Å²) in [6.07, 6.45) is -1.10. The molecule has 1 unspecified atom stereocenters. The van der Waals surface area contributed by atoms with E-state index in [2.05, 4.69) is 5.32 Å². The predicted molar refractivity (Wildman–Crippen MR) is 106 cm³/mol. The van der Waals surface area contributed by atoms with Crippen LogP contribution >= 0.6 is 0 Å². The van der Waals surface area contributed by atoms with Gasteiger partial charge in [-0.25, -0.2) is 9.59 Å². The van der Waals surface area contributed by atoms with Crippen molar-refractivity contribution in [2.45, 2.75) is 65.4 Å². The molecule has 0 spiro atoms. The molecule has 28 heavy (non-hydrogen) atoms. The van der Waals surface area contributed by atoms with Gasteiger partial charge in [0.2, 0.25) is 0 Å². The SMILES string of the molecule is COC(=O)C(OCOCc1ccccc1)[C@H](CC(C)C)NC(=O)OC(C)(C)C. The Morgan fingerprint density at radius 3 is 2.29 bits per heavy atom. The van der Waals surface area contributed by atoms with E-state index in [1.807, 2.05) is 44.2 Å². The molecule has 0 fully saturated rings. The number of nitrogens with one attached hydrogen (secondary N) is 1. The van der Waals surface area contributed by atoms with Gasteiger partial charge in [0.25, 0.3) is 0 Å². The number of carbonyl (C=O) groups is 2. The van der Waals surface area contributed by atoms with Crippen LogP contribution in [0, 0.1) is 5.92 Å². The highest BCUT2D eigenvalue weighted by atomic mass is 16.7. The van der Waals surface area contributed by atoms with Crippen molar-refractivity contribution in [1.29, 1.82) is 0 Å². The molecule has 2 atom stereocenters. The number of ether oxygens (including phenoxy) is 4. The number of rotatable bonds is 10. The Labute approximate surface area is 167 Å². The van der Waals surface area contributed by atoms with Crippen molar-refractivity contribution in [3.8, 4) is 0 Å². The topological polar surface area (TPSA) is 83.1 Å². The monoisotopic (exact) mass is 395 g/mol. The minimum atomic E-state index is -1.00. The average Bonchev–Trinajstić information content (AvgIpc) is 2.59. The van der Waals surface area contributed by atoms with Crippen molar-refractivity contribution in [2.75, 3.05) is 13.9 Å². The lowest BCUT2D eigenvalue weighted by Crippen LogP contribution is -2.50. The third-order valence-electron chi connectivity index (χ3n) is 3.67. The first-order chi connectivity index (χ1) is 13.1. The van der Waals surface area contributed by atoms with Gasteiger partial charge in [-0.2, -0.15) is 0 Å². The smallest absolute Gasteiger partial charge is 0.407 e. The van der Waals surface area contributed by atoms with E-state index in [0.29, 0.717) is 13.0 Å². The van der Waals surface area contributed by atoms with Gasteiger partial charge in [-0.3, -0.25) is 0 Å². The Morgan fingerprint density at radius 2 is 1.75 bits per heavy atom. The Kier molecular flexibility index (Phi) is 9.96. The van der Waals surface area contributed by atoms with Crippen LogP contribution < -0.4 is 5.32 Å². The third kappa shape index (κ3) is 9.71. The van der Waals surface area contributed by atoms with Crippen molar-refractivity contribution < 1.29 is 28.5 Å². The first-order valence-electron chi connectivity index (χ1n) is 9.43. The molecule has 158 valence electrons. The van der Waals surface area contributed by atoms with E-state index in [1.165, 1.54) is 7.11 Å². The number of carbonyl (C=O) groups excluding carboxylic acids is 2. The maximum atomic E-state index is 12.3. The van der Waals surface area contributed by atoms with Gasteiger partial charge in [-0.05, 0) is 38.7 Å². The van der Waals surface area contributed by atoms with E-state index in [-0.39, 0.29) is 12.7 Å². The summed E-state index contributed by atoms with van der Waals surface area (Å²) in [6.45, 7) is 9.54. The van der Waals surface area contributed by atoms with Crippen LogP contribution in [0.25, 0.3) is 0 Å². The zero-order valence-electron chi connectivity index (χ0n) is 17.7. The van der Waals surface area contributed by atoms with Gasteiger partial charge in [-0.1, -0.05) is 44.2 Å². The van der Waals surface area contributed by atoms with Gasteiger partial charge < -0.3 is 24.3 Å². The van der Waals surface area contributed by atoms with Crippen LogP contribution in [-0.2, 0) is 30.3 Å². The molecule has 7 nitrogen and oxygen atoms in total. The molecule has 1 amide bonds. The second-order valence-electron chi connectivity index (χ2n) is 7.94. The second kappa shape index (κ2) is 11.7. The summed E-state index contributed by atoms with van der Waals surface area (Å²) in [5.74, 6) is -0.369. The zero-order valence-corrected chi connectivity index (χ0v) is 17.7. The summed E-state index contributed by atoms with van der Waals surface area (Å²) < 4.78 is 21.3. The fraction of sp³-hybridized carbons (Fsp3) is 0.619. The summed E-state index contributed by atoms with van der Waals surface area (Å²) in [7, 11) is 1.28. The Morgan fingerprint density at radius 1 is 1.11 bits per heavy atom. The fourth-order valence-corrected chi connectivity index (χ4v) is 2.54. The van der Waals surface area contributed by atoms with E-state index in [0.717, 1.165) is 5.56 Å². The maximum absolute atomic E-state index is 12.3. The van der Waals surface area contributed by atoms with Crippen molar-refractivity contribution in [2.24, 2.45) is 5.92 Å². The standard InChI is InChI=1S/C21H33NO6/c1-15(2)12-17(22-20(24)28-21(3,4)5)18(19(23)25-6)27-14-26-13-16-10-8-7-9-11-16/h7-11,15,17-18H,12-14H2,1-6H3,(H,22,24)/t17-,18?/m0/s1. The Balaban J connectivity index is 2.73. The first-order valence-corrected chi connectivity index (χ1v) is 9.43. The zero-order chi connectivity index (χ0) is 21.2. The van der Waals surface area contributed by atoms with Crippen molar-refractivity contribution in [3.05, 3.63) is 35.9 Å². The molecular weight excluding hydrogens is 362 g/mol. The fourth-order valence-electron chi connectivity index (χ4n) is 2.54. The highest BCUT2D eigenvalue weighted by Gasteiger charge is 2.33. The first kappa shape index (κ1) is 23.9. The second-order valence-corrected chi connectivity index (χ2v) is 7.94. The minimum Gasteiger partial charge on any atom is -0.467 e. The normalized spacial score (nSPS) is 13.7. The molecule has 0 radical (unpaired) electrons. The maximum Gasteiger partial charge on any atom is 0.407 e. The third-order valence-corrected chi connectivity index (χ3v) is 3.67. The number of benzene rings is 1. The molecule has 0 aliphatic carbocycles. The summed E-state index contributed by atoms with van der Waals surface area (Å²) in [5.41, 5.74) is 0.346. The van der Waals surface area contributed by atoms with E-state index in [1.54, 1.807) is 20.8 Å². The predicted octanol–water partition coefficient (Wildman–Crippen LogP) is 3.66. The lowest BCUT2D eigenvalue weighted by atomic mass is 9.99. The summed E-state index contributed by atoms with van der Waals surface area (Å²) >= 11 is 0. The van der Waals surface area contributed by atoms with Crippen LogP contribution in [0.1, 0.15) is 46.6 Å². The van der Waals surface area contributed by atoms with Gasteiger partial charge in [-0.15, -0.1) is 0 Å². The molecule has 0 aliphatic heterocycles. The number of alkyl carbamates (subject to hydrolysis) is 1. The molecule has 0 saturated carbocycles. The van der Waals surface area contributed by atoms with Crippen LogP contribution in [0.4, 0.5) is 4.79 Å². The highest BCUT2D eigenvalue weighted by Crippen LogP contribution is 2.15. The average molecular weight is 395 g/mol. The van der Waals surface area contributed by atoms with Crippen molar-refractivity contribution in [3.63, 3.8) is 0 Å². The lowest BCUT2D eigenvalue weighted by molar-refractivity contribution is -0.169. The largest absolute Gasteiger partial charge is 0.467 e. The van der Waals surface area contributed by atoms with E-state index in [9.17, 15) is 9.59 Å². The summed E-state index contributed by atoms with van der Waals surface area (Å²) in [4.78, 5) is 24.5. The van der Waals surface area contributed by atoms with Gasteiger partial charge >= 0.3 is 12.1 Å². The Bertz CT molecular complexity index is 597. The molecule has 1 aromatic rings. The van der Waals surface area contributed by atoms with Crippen LogP contribution in [0.5, 0.6) is 0 Å². The van der Waals surface area contributed by atoms with Gasteiger partial charge in [0.05, 0.1) is 19.8 Å². The van der Waals surface area contributed by atoms with E-state index in [4.69, 9.17) is 18.9 Å². The molecule has 0 aliphatic rings. The molecule has 0 heterocycles. The molecular formula is C21H33NO6. The molecule has 1 rings (SSSR count). The van der Waals surface area contributed by atoms with Gasteiger partial charge in [0.1, 0.15) is 12.4 Å². The molecule has 0 bridgehead atoms. The van der Waals surface area contributed by atoms with Crippen molar-refractivity contribution >= 4 is 12.1 Å². The highest BCUT2D eigenvalue weighted by molar-refractivity contribution is 5.77. The summed E-state index contributed by atoms with van der Waals surface area (Å²) in [5, 5.41) is 2.74. The number of esters is 1. The number of amides is 1.